The second kappa shape index (κ2) is 6.73. The molecular weight excluding hydrogens is 230 g/mol. The van der Waals surface area contributed by atoms with E-state index in [1.54, 1.807) is 7.11 Å². The molecule has 18 heavy (non-hydrogen) atoms. The third-order valence-electron chi connectivity index (χ3n) is 3.12. The molecule has 1 N–H and O–H groups in total. The second-order valence-electron chi connectivity index (χ2n) is 4.41. The van der Waals surface area contributed by atoms with Crippen LogP contribution in [0.15, 0.2) is 24.3 Å². The van der Waals surface area contributed by atoms with Crippen molar-refractivity contribution in [1.29, 1.82) is 0 Å². The van der Waals surface area contributed by atoms with Crippen molar-refractivity contribution >= 4 is 0 Å². The molecule has 2 unspecified atom stereocenters. The van der Waals surface area contributed by atoms with Crippen molar-refractivity contribution in [2.75, 3.05) is 33.9 Å². The Labute approximate surface area is 108 Å². The number of ether oxygens (including phenoxy) is 3. The first kappa shape index (κ1) is 13.3. The average Bonchev–Trinajstić information content (AvgIpc) is 2.91. The highest BCUT2D eigenvalue weighted by Crippen LogP contribution is 2.29. The van der Waals surface area contributed by atoms with E-state index in [1.807, 2.05) is 25.2 Å². The van der Waals surface area contributed by atoms with Gasteiger partial charge in [0.15, 0.2) is 0 Å². The van der Waals surface area contributed by atoms with Gasteiger partial charge in [0, 0.05) is 18.7 Å². The molecule has 100 valence electrons. The van der Waals surface area contributed by atoms with E-state index in [2.05, 4.69) is 11.4 Å². The number of nitrogens with one attached hydrogen (secondary N) is 1. The quantitative estimate of drug-likeness (QED) is 0.836. The maximum absolute atomic E-state index is 6.11. The van der Waals surface area contributed by atoms with Gasteiger partial charge in [0.25, 0.3) is 0 Å². The molecule has 0 amide bonds. The zero-order valence-electron chi connectivity index (χ0n) is 11.0. The van der Waals surface area contributed by atoms with Crippen LogP contribution < -0.4 is 10.1 Å². The van der Waals surface area contributed by atoms with E-state index in [-0.39, 0.29) is 12.2 Å². The lowest BCUT2D eigenvalue weighted by atomic mass is 10.1. The molecule has 2 rings (SSSR count). The molecule has 1 saturated heterocycles. The number of hydrogen-bond acceptors (Lipinski definition) is 4. The van der Waals surface area contributed by atoms with Gasteiger partial charge in [-0.1, -0.05) is 18.2 Å². The molecule has 0 radical (unpaired) electrons. The van der Waals surface area contributed by atoms with Crippen LogP contribution in [-0.4, -0.2) is 40.0 Å². The molecule has 1 aliphatic rings. The van der Waals surface area contributed by atoms with Crippen molar-refractivity contribution in [3.05, 3.63) is 29.8 Å². The van der Waals surface area contributed by atoms with Gasteiger partial charge in [0.1, 0.15) is 5.75 Å². The topological polar surface area (TPSA) is 39.7 Å². The molecular formula is C14H21NO3. The smallest absolute Gasteiger partial charge is 0.124 e. The maximum Gasteiger partial charge on any atom is 0.124 e. The molecule has 4 heteroatoms. The fourth-order valence-electron chi connectivity index (χ4n) is 2.20. The Kier molecular flexibility index (Phi) is 4.99. The van der Waals surface area contributed by atoms with Gasteiger partial charge in [-0.25, -0.2) is 0 Å². The first-order valence-corrected chi connectivity index (χ1v) is 6.36. The van der Waals surface area contributed by atoms with Gasteiger partial charge in [-0.3, -0.25) is 0 Å². The van der Waals surface area contributed by atoms with Crippen LogP contribution in [0.5, 0.6) is 5.75 Å². The second-order valence-corrected chi connectivity index (χ2v) is 4.41. The van der Waals surface area contributed by atoms with Gasteiger partial charge in [0.2, 0.25) is 0 Å². The Morgan fingerprint density at radius 3 is 2.94 bits per heavy atom. The number of hydrogen-bond donors (Lipinski definition) is 1. The van der Waals surface area contributed by atoms with Crippen molar-refractivity contribution in [3.63, 3.8) is 0 Å². The van der Waals surface area contributed by atoms with E-state index >= 15 is 0 Å². The molecule has 0 bridgehead atoms. The summed E-state index contributed by atoms with van der Waals surface area (Å²) in [7, 11) is 3.62. The van der Waals surface area contributed by atoms with Gasteiger partial charge in [-0.15, -0.1) is 0 Å². The zero-order valence-corrected chi connectivity index (χ0v) is 11.0. The molecule has 0 aromatic heterocycles. The van der Waals surface area contributed by atoms with Crippen LogP contribution in [0.1, 0.15) is 18.1 Å². The molecule has 0 spiro atoms. The summed E-state index contributed by atoms with van der Waals surface area (Å²) in [6, 6.07) is 8.00. The highest BCUT2D eigenvalue weighted by atomic mass is 16.6. The third kappa shape index (κ3) is 3.22. The first-order valence-electron chi connectivity index (χ1n) is 6.36. The van der Waals surface area contributed by atoms with E-state index in [4.69, 9.17) is 14.2 Å². The Hall–Kier alpha value is -1.10. The summed E-state index contributed by atoms with van der Waals surface area (Å²) < 4.78 is 16.9. The first-order chi connectivity index (χ1) is 8.85. The van der Waals surface area contributed by atoms with Crippen molar-refractivity contribution in [2.24, 2.45) is 0 Å². The minimum absolute atomic E-state index is 0.00199. The molecule has 1 aliphatic heterocycles. The summed E-state index contributed by atoms with van der Waals surface area (Å²) in [4.78, 5) is 0. The predicted molar refractivity (Wildman–Crippen MR) is 70.0 cm³/mol. The molecule has 2 atom stereocenters. The van der Waals surface area contributed by atoms with Crippen LogP contribution in [-0.2, 0) is 9.47 Å². The molecule has 4 nitrogen and oxygen atoms in total. The van der Waals surface area contributed by atoms with Crippen molar-refractivity contribution < 1.29 is 14.2 Å². The summed E-state index contributed by atoms with van der Waals surface area (Å²) in [5.41, 5.74) is 1.08. The lowest BCUT2D eigenvalue weighted by Crippen LogP contribution is -2.25. The number of para-hydroxylation sites is 1. The maximum atomic E-state index is 6.11. The molecule has 1 fully saturated rings. The SMILES string of the molecule is CNCC(OC1CCOC1)c1ccccc1OC. The van der Waals surface area contributed by atoms with E-state index in [1.165, 1.54) is 0 Å². The summed E-state index contributed by atoms with van der Waals surface area (Å²) >= 11 is 0. The standard InChI is InChI=1S/C14H21NO3/c1-15-9-14(18-11-7-8-17-10-11)12-5-3-4-6-13(12)16-2/h3-6,11,14-15H,7-10H2,1-2H3. The molecule has 1 aromatic carbocycles. The average molecular weight is 251 g/mol. The zero-order chi connectivity index (χ0) is 12.8. The monoisotopic (exact) mass is 251 g/mol. The van der Waals surface area contributed by atoms with Crippen LogP contribution in [0.25, 0.3) is 0 Å². The molecule has 1 aromatic rings. The van der Waals surface area contributed by atoms with Crippen LogP contribution in [0, 0.1) is 0 Å². The van der Waals surface area contributed by atoms with Gasteiger partial charge in [0.05, 0.1) is 25.9 Å². The number of likely N-dealkylation sites (N-methyl/N-ethyl adjacent to an activating group) is 1. The minimum Gasteiger partial charge on any atom is -0.496 e. The van der Waals surface area contributed by atoms with Crippen LogP contribution in [0.3, 0.4) is 0 Å². The third-order valence-corrected chi connectivity index (χ3v) is 3.12. The van der Waals surface area contributed by atoms with Gasteiger partial charge in [-0.05, 0) is 19.5 Å². The lowest BCUT2D eigenvalue weighted by Gasteiger charge is -2.23. The van der Waals surface area contributed by atoms with E-state index in [0.29, 0.717) is 6.61 Å². The molecule has 0 aliphatic carbocycles. The Bertz CT molecular complexity index is 364. The predicted octanol–water partition coefficient (Wildman–Crippen LogP) is 1.76. The van der Waals surface area contributed by atoms with E-state index in [0.717, 1.165) is 30.9 Å². The fraction of sp³-hybridized carbons (Fsp3) is 0.571. The Balaban J connectivity index is 2.11. The number of benzene rings is 1. The summed E-state index contributed by atoms with van der Waals surface area (Å²) in [6.45, 7) is 2.25. The van der Waals surface area contributed by atoms with Crippen molar-refractivity contribution in [1.82, 2.24) is 5.32 Å². The Morgan fingerprint density at radius 1 is 1.44 bits per heavy atom. The van der Waals surface area contributed by atoms with E-state index in [9.17, 15) is 0 Å². The van der Waals surface area contributed by atoms with Crippen molar-refractivity contribution in [2.45, 2.75) is 18.6 Å². The number of rotatable bonds is 6. The number of methoxy groups -OCH3 is 1. The van der Waals surface area contributed by atoms with E-state index < -0.39 is 0 Å². The normalized spacial score (nSPS) is 20.9. The summed E-state index contributed by atoms with van der Waals surface area (Å²) in [5, 5.41) is 3.17. The van der Waals surface area contributed by atoms with Crippen molar-refractivity contribution in [3.8, 4) is 5.75 Å². The lowest BCUT2D eigenvalue weighted by molar-refractivity contribution is -0.0166. The van der Waals surface area contributed by atoms with Gasteiger partial charge in [-0.2, -0.15) is 0 Å². The van der Waals surface area contributed by atoms with Crippen LogP contribution in [0.2, 0.25) is 0 Å². The van der Waals surface area contributed by atoms with Crippen LogP contribution >= 0.6 is 0 Å². The Morgan fingerprint density at radius 2 is 2.28 bits per heavy atom. The van der Waals surface area contributed by atoms with Crippen LogP contribution in [0.4, 0.5) is 0 Å². The largest absolute Gasteiger partial charge is 0.496 e. The minimum atomic E-state index is -0.00199. The van der Waals surface area contributed by atoms with Gasteiger partial charge < -0.3 is 19.5 Å². The molecule has 0 saturated carbocycles. The van der Waals surface area contributed by atoms with Gasteiger partial charge >= 0.3 is 0 Å². The highest BCUT2D eigenvalue weighted by molar-refractivity contribution is 5.35. The summed E-state index contributed by atoms with van der Waals surface area (Å²) in [6.07, 6.45) is 1.15. The highest BCUT2D eigenvalue weighted by Gasteiger charge is 2.23. The fourth-order valence-corrected chi connectivity index (χ4v) is 2.20. The molecule has 1 heterocycles. The summed E-state index contributed by atoms with van der Waals surface area (Å²) in [5.74, 6) is 0.872.